The van der Waals surface area contributed by atoms with Crippen LogP contribution in [0.25, 0.3) is 11.0 Å². The lowest BCUT2D eigenvalue weighted by atomic mass is 10.1. The van der Waals surface area contributed by atoms with Crippen LogP contribution in [-0.2, 0) is 10.0 Å². The number of anilines is 2. The van der Waals surface area contributed by atoms with E-state index in [1.54, 1.807) is 49.4 Å². The number of amides is 1. The van der Waals surface area contributed by atoms with Crippen molar-refractivity contribution in [2.75, 3.05) is 10.0 Å². The highest BCUT2D eigenvalue weighted by Gasteiger charge is 2.20. The Morgan fingerprint density at radius 1 is 0.903 bits per heavy atom. The van der Waals surface area contributed by atoms with E-state index in [-0.39, 0.29) is 21.8 Å². The van der Waals surface area contributed by atoms with Crippen LogP contribution in [0.2, 0.25) is 0 Å². The van der Waals surface area contributed by atoms with Gasteiger partial charge < -0.3 is 15.3 Å². The topological polar surface area (TPSA) is 124 Å². The van der Waals surface area contributed by atoms with E-state index >= 15 is 0 Å². The molecule has 0 unspecified atom stereocenters. The Hall–Kier alpha value is -3.85. The first kappa shape index (κ1) is 20.4. The van der Waals surface area contributed by atoms with E-state index in [4.69, 9.17) is 0 Å². The molecule has 4 rings (SSSR count). The fraction of sp³-hybridized carbons (Fsp3) is 0.0909. The maximum atomic E-state index is 13.0. The number of aromatic amines is 2. The van der Waals surface area contributed by atoms with Crippen molar-refractivity contribution in [3.63, 3.8) is 0 Å². The molecular weight excluding hydrogens is 416 g/mol. The number of hydrogen-bond acceptors (Lipinski definition) is 4. The molecule has 1 aromatic heterocycles. The maximum absolute atomic E-state index is 13.0. The van der Waals surface area contributed by atoms with Gasteiger partial charge in [-0.15, -0.1) is 0 Å². The molecule has 3 aromatic carbocycles. The molecule has 0 saturated carbocycles. The van der Waals surface area contributed by atoms with Crippen LogP contribution in [0, 0.1) is 13.8 Å². The highest BCUT2D eigenvalue weighted by Crippen LogP contribution is 2.24. The Labute approximate surface area is 178 Å². The zero-order valence-corrected chi connectivity index (χ0v) is 17.6. The van der Waals surface area contributed by atoms with E-state index in [0.717, 1.165) is 5.56 Å². The van der Waals surface area contributed by atoms with Crippen LogP contribution in [0.1, 0.15) is 21.5 Å². The summed E-state index contributed by atoms with van der Waals surface area (Å²) in [5.74, 6) is -0.489. The molecule has 1 heterocycles. The molecule has 0 aliphatic rings. The molecule has 158 valence electrons. The second kappa shape index (κ2) is 7.77. The van der Waals surface area contributed by atoms with Crippen LogP contribution < -0.4 is 15.7 Å². The van der Waals surface area contributed by atoms with Crippen molar-refractivity contribution in [3.8, 4) is 0 Å². The van der Waals surface area contributed by atoms with Crippen molar-refractivity contribution in [3.05, 3.63) is 87.8 Å². The zero-order chi connectivity index (χ0) is 22.2. The predicted octanol–water partition coefficient (Wildman–Crippen LogP) is 3.53. The number of fused-ring (bicyclic) bond motifs is 1. The van der Waals surface area contributed by atoms with Gasteiger partial charge in [0, 0.05) is 5.69 Å². The molecule has 0 aliphatic heterocycles. The smallest absolute Gasteiger partial charge is 0.322 e. The number of nitrogens with one attached hydrogen (secondary N) is 4. The average molecular weight is 436 g/mol. The summed E-state index contributed by atoms with van der Waals surface area (Å²) in [6.07, 6.45) is 0. The van der Waals surface area contributed by atoms with Gasteiger partial charge in [0.15, 0.2) is 0 Å². The molecule has 31 heavy (non-hydrogen) atoms. The SMILES string of the molecule is Cc1ccc(C)c(S(=O)(=O)Nc2ccccc2C(=O)Nc2ccc3[nH]c(=O)[nH]c3c2)c1. The number of aromatic nitrogens is 2. The number of hydrogen-bond donors (Lipinski definition) is 4. The summed E-state index contributed by atoms with van der Waals surface area (Å²) < 4.78 is 28.5. The number of benzene rings is 3. The second-order valence-electron chi connectivity index (χ2n) is 7.21. The highest BCUT2D eigenvalue weighted by atomic mass is 32.2. The zero-order valence-electron chi connectivity index (χ0n) is 16.8. The normalized spacial score (nSPS) is 11.4. The first-order valence-electron chi connectivity index (χ1n) is 9.45. The van der Waals surface area contributed by atoms with Crippen molar-refractivity contribution in [1.29, 1.82) is 0 Å². The van der Waals surface area contributed by atoms with E-state index in [1.165, 1.54) is 12.1 Å². The minimum absolute atomic E-state index is 0.157. The van der Waals surface area contributed by atoms with Gasteiger partial charge in [0.05, 0.1) is 27.2 Å². The summed E-state index contributed by atoms with van der Waals surface area (Å²) in [7, 11) is -3.90. The third-order valence-corrected chi connectivity index (χ3v) is 6.33. The van der Waals surface area contributed by atoms with Gasteiger partial charge in [-0.05, 0) is 61.4 Å². The van der Waals surface area contributed by atoms with Gasteiger partial charge in [-0.3, -0.25) is 9.52 Å². The van der Waals surface area contributed by atoms with Gasteiger partial charge in [0.1, 0.15) is 0 Å². The fourth-order valence-corrected chi connectivity index (χ4v) is 4.69. The molecule has 4 aromatic rings. The molecule has 1 amide bonds. The molecule has 4 N–H and O–H groups in total. The highest BCUT2D eigenvalue weighted by molar-refractivity contribution is 7.92. The average Bonchev–Trinajstić information content (AvgIpc) is 3.09. The van der Waals surface area contributed by atoms with Crippen molar-refractivity contribution < 1.29 is 13.2 Å². The molecular formula is C22H20N4O4S. The van der Waals surface area contributed by atoms with Crippen LogP contribution in [0.4, 0.5) is 11.4 Å². The molecule has 0 spiro atoms. The van der Waals surface area contributed by atoms with E-state index < -0.39 is 15.9 Å². The molecule has 0 bridgehead atoms. The molecule has 0 fully saturated rings. The summed E-state index contributed by atoms with van der Waals surface area (Å²) in [6, 6.07) is 16.5. The van der Waals surface area contributed by atoms with Gasteiger partial charge in [0.2, 0.25) is 0 Å². The lowest BCUT2D eigenvalue weighted by Crippen LogP contribution is -2.19. The number of para-hydroxylation sites is 1. The lowest BCUT2D eigenvalue weighted by molar-refractivity contribution is 0.102. The summed E-state index contributed by atoms with van der Waals surface area (Å²) in [5, 5.41) is 2.74. The third-order valence-electron chi connectivity index (χ3n) is 4.82. The number of rotatable bonds is 5. The second-order valence-corrected chi connectivity index (χ2v) is 8.86. The van der Waals surface area contributed by atoms with Crippen LogP contribution in [-0.4, -0.2) is 24.3 Å². The summed E-state index contributed by atoms with van der Waals surface area (Å²) in [6.45, 7) is 3.53. The van der Waals surface area contributed by atoms with E-state index in [0.29, 0.717) is 22.3 Å². The standard InChI is InChI=1S/C22H20N4O4S/c1-13-7-8-14(2)20(11-13)31(29,30)26-17-6-4-3-5-16(17)21(27)23-15-9-10-18-19(12-15)25-22(28)24-18/h3-12,26H,1-2H3,(H,23,27)(H2,24,25,28). The Morgan fingerprint density at radius 2 is 1.65 bits per heavy atom. The molecule has 8 nitrogen and oxygen atoms in total. The Morgan fingerprint density at radius 3 is 2.45 bits per heavy atom. The molecule has 0 aliphatic carbocycles. The Balaban J connectivity index is 1.63. The largest absolute Gasteiger partial charge is 0.323 e. The summed E-state index contributed by atoms with van der Waals surface area (Å²) in [5.41, 5.74) is 3.03. The minimum atomic E-state index is -3.90. The van der Waals surface area contributed by atoms with Gasteiger partial charge in [-0.25, -0.2) is 13.2 Å². The van der Waals surface area contributed by atoms with Crippen LogP contribution in [0.15, 0.2) is 70.4 Å². The summed E-state index contributed by atoms with van der Waals surface area (Å²) >= 11 is 0. The fourth-order valence-electron chi connectivity index (χ4n) is 3.28. The van der Waals surface area contributed by atoms with Crippen molar-refractivity contribution in [1.82, 2.24) is 9.97 Å². The van der Waals surface area contributed by atoms with E-state index in [1.807, 2.05) is 13.0 Å². The number of H-pyrrole nitrogens is 2. The molecule has 9 heteroatoms. The van der Waals surface area contributed by atoms with Crippen LogP contribution in [0.5, 0.6) is 0 Å². The number of aryl methyl sites for hydroxylation is 2. The van der Waals surface area contributed by atoms with Crippen LogP contribution in [0.3, 0.4) is 0 Å². The third kappa shape index (κ3) is 4.22. The van der Waals surface area contributed by atoms with Gasteiger partial charge in [-0.2, -0.15) is 0 Å². The number of carbonyl (C=O) groups excluding carboxylic acids is 1. The maximum Gasteiger partial charge on any atom is 0.323 e. The monoisotopic (exact) mass is 436 g/mol. The van der Waals surface area contributed by atoms with Crippen molar-refractivity contribution in [2.24, 2.45) is 0 Å². The minimum Gasteiger partial charge on any atom is -0.322 e. The van der Waals surface area contributed by atoms with Crippen LogP contribution >= 0.6 is 0 Å². The van der Waals surface area contributed by atoms with E-state index in [9.17, 15) is 18.0 Å². The van der Waals surface area contributed by atoms with Crippen molar-refractivity contribution in [2.45, 2.75) is 18.7 Å². The first-order valence-corrected chi connectivity index (χ1v) is 10.9. The molecule has 0 atom stereocenters. The predicted molar refractivity (Wildman–Crippen MR) is 120 cm³/mol. The Bertz CT molecular complexity index is 1470. The molecule has 0 radical (unpaired) electrons. The number of carbonyl (C=O) groups is 1. The quantitative estimate of drug-likeness (QED) is 0.382. The first-order chi connectivity index (χ1) is 14.7. The molecule has 0 saturated heterocycles. The number of imidazole rings is 1. The van der Waals surface area contributed by atoms with E-state index in [2.05, 4.69) is 20.0 Å². The van der Waals surface area contributed by atoms with Gasteiger partial charge in [-0.1, -0.05) is 24.3 Å². The van der Waals surface area contributed by atoms with Gasteiger partial charge in [0.25, 0.3) is 15.9 Å². The number of sulfonamides is 1. The van der Waals surface area contributed by atoms with Gasteiger partial charge >= 0.3 is 5.69 Å². The summed E-state index contributed by atoms with van der Waals surface area (Å²) in [4.78, 5) is 29.7. The van der Waals surface area contributed by atoms with Crippen molar-refractivity contribution >= 4 is 38.3 Å². The Kier molecular flexibility index (Phi) is 5.12. The lowest BCUT2D eigenvalue weighted by Gasteiger charge is -2.14.